The van der Waals surface area contributed by atoms with Crippen LogP contribution in [-0.4, -0.2) is 69.2 Å². The highest BCUT2D eigenvalue weighted by atomic mass is 19.1. The van der Waals surface area contributed by atoms with Gasteiger partial charge in [-0.1, -0.05) is 6.92 Å². The predicted molar refractivity (Wildman–Crippen MR) is 153 cm³/mol. The molecule has 3 N–H and O–H groups in total. The first-order valence-electron chi connectivity index (χ1n) is 13.5. The number of pyridine rings is 1. The van der Waals surface area contributed by atoms with E-state index in [0.717, 1.165) is 5.69 Å². The number of benzene rings is 1. The molecular weight excluding hydrogens is 530 g/mol. The molecule has 4 heterocycles. The fourth-order valence-corrected chi connectivity index (χ4v) is 5.54. The van der Waals surface area contributed by atoms with Gasteiger partial charge in [0, 0.05) is 45.9 Å². The number of fused-ring (bicyclic) bond motifs is 1. The fourth-order valence-electron chi connectivity index (χ4n) is 5.54. The molecule has 3 atom stereocenters. The zero-order valence-electron chi connectivity index (χ0n) is 23.5. The summed E-state index contributed by atoms with van der Waals surface area (Å²) in [6.07, 6.45) is 5.00. The smallest absolute Gasteiger partial charge is 0.229 e. The highest BCUT2D eigenvalue weighted by Crippen LogP contribution is 2.33. The number of rotatable bonds is 8. The lowest BCUT2D eigenvalue weighted by molar-refractivity contribution is -0.131. The van der Waals surface area contributed by atoms with Gasteiger partial charge in [-0.05, 0) is 48.7 Å². The molecule has 3 aromatic heterocycles. The summed E-state index contributed by atoms with van der Waals surface area (Å²) < 4.78 is 36.8. The van der Waals surface area contributed by atoms with Crippen molar-refractivity contribution in [3.05, 3.63) is 66.1 Å². The van der Waals surface area contributed by atoms with Crippen LogP contribution in [-0.2, 0) is 16.1 Å². The van der Waals surface area contributed by atoms with Gasteiger partial charge in [-0.3, -0.25) is 9.78 Å². The Hall–Kier alpha value is -4.16. The number of aromatic nitrogens is 4. The van der Waals surface area contributed by atoms with Crippen molar-refractivity contribution in [2.24, 2.45) is 11.7 Å². The van der Waals surface area contributed by atoms with Crippen molar-refractivity contribution in [3.8, 4) is 11.3 Å². The van der Waals surface area contributed by atoms with Crippen LogP contribution in [0, 0.1) is 17.6 Å². The lowest BCUT2D eigenvalue weighted by Crippen LogP contribution is -2.62. The van der Waals surface area contributed by atoms with Crippen molar-refractivity contribution >= 4 is 28.7 Å². The molecule has 216 valence electrons. The number of halogens is 2. The second-order valence-corrected chi connectivity index (χ2v) is 10.4. The van der Waals surface area contributed by atoms with Gasteiger partial charge in [0.15, 0.2) is 0 Å². The van der Waals surface area contributed by atoms with Crippen LogP contribution in [0.1, 0.15) is 26.3 Å². The number of nitrogens with one attached hydrogen (secondary N) is 1. The summed E-state index contributed by atoms with van der Waals surface area (Å²) >= 11 is 0. The van der Waals surface area contributed by atoms with Crippen molar-refractivity contribution in [1.29, 1.82) is 0 Å². The van der Waals surface area contributed by atoms with Crippen molar-refractivity contribution in [2.75, 3.05) is 37.0 Å². The van der Waals surface area contributed by atoms with E-state index in [4.69, 9.17) is 10.5 Å². The Morgan fingerprint density at radius 1 is 1.20 bits per heavy atom. The maximum Gasteiger partial charge on any atom is 0.229 e. The highest BCUT2D eigenvalue weighted by molar-refractivity contribution is 5.75. The minimum absolute atomic E-state index is 0.0173. The summed E-state index contributed by atoms with van der Waals surface area (Å²) in [7, 11) is 1.79. The Labute approximate surface area is 237 Å². The van der Waals surface area contributed by atoms with Gasteiger partial charge in [0.1, 0.15) is 11.6 Å². The van der Waals surface area contributed by atoms with Crippen LogP contribution in [0.15, 0.2) is 48.9 Å². The zero-order chi connectivity index (χ0) is 29.3. The molecule has 0 radical (unpaired) electrons. The first kappa shape index (κ1) is 28.4. The highest BCUT2D eigenvalue weighted by Gasteiger charge is 2.36. The summed E-state index contributed by atoms with van der Waals surface area (Å²) in [6.45, 7) is 7.23. The van der Waals surface area contributed by atoms with E-state index >= 15 is 8.78 Å². The molecule has 10 nitrogen and oxygen atoms in total. The van der Waals surface area contributed by atoms with Gasteiger partial charge in [-0.15, -0.1) is 0 Å². The number of imidazole rings is 1. The molecule has 1 amide bonds. The number of likely N-dealkylation sites (N-methyl/N-ethyl adjacent to an activating group) is 1. The zero-order valence-corrected chi connectivity index (χ0v) is 23.5. The number of hydrogen-bond acceptors (Lipinski definition) is 8. The van der Waals surface area contributed by atoms with Crippen LogP contribution in [0.3, 0.4) is 0 Å². The monoisotopic (exact) mass is 564 g/mol. The Balaban J connectivity index is 1.43. The molecule has 0 saturated carbocycles. The van der Waals surface area contributed by atoms with Gasteiger partial charge in [0.25, 0.3) is 0 Å². The Kier molecular flexibility index (Phi) is 8.13. The van der Waals surface area contributed by atoms with E-state index in [-0.39, 0.29) is 41.8 Å². The average Bonchev–Trinajstić information content (AvgIpc) is 3.33. The number of carbonyl (C=O) groups excluding carboxylic acids is 1. The average molecular weight is 565 g/mol. The van der Waals surface area contributed by atoms with E-state index in [2.05, 4.69) is 32.2 Å². The van der Waals surface area contributed by atoms with Crippen molar-refractivity contribution in [3.63, 3.8) is 0 Å². The molecule has 41 heavy (non-hydrogen) atoms. The molecule has 1 aromatic carbocycles. The number of anilines is 3. The third kappa shape index (κ3) is 5.70. The minimum Gasteiger partial charge on any atom is -0.377 e. The Morgan fingerprint density at radius 3 is 2.63 bits per heavy atom. The van der Waals surface area contributed by atoms with Gasteiger partial charge in [0.2, 0.25) is 11.9 Å². The van der Waals surface area contributed by atoms with E-state index < -0.39 is 11.6 Å². The number of ether oxygens (including phenoxy) is 1. The molecule has 12 heteroatoms. The van der Waals surface area contributed by atoms with Gasteiger partial charge >= 0.3 is 0 Å². The molecule has 4 aromatic rings. The minimum atomic E-state index is -0.722. The first-order chi connectivity index (χ1) is 19.7. The summed E-state index contributed by atoms with van der Waals surface area (Å²) in [4.78, 5) is 24.6. The summed E-state index contributed by atoms with van der Waals surface area (Å²) in [5.41, 5.74) is 9.04. The molecule has 1 aliphatic heterocycles. The van der Waals surface area contributed by atoms with Crippen molar-refractivity contribution in [1.82, 2.24) is 24.5 Å². The van der Waals surface area contributed by atoms with E-state index in [9.17, 15) is 4.79 Å². The van der Waals surface area contributed by atoms with E-state index in [0.29, 0.717) is 42.4 Å². The van der Waals surface area contributed by atoms with Gasteiger partial charge in [0.05, 0.1) is 53.2 Å². The summed E-state index contributed by atoms with van der Waals surface area (Å²) in [6, 6.07) is 7.35. The molecule has 0 unspecified atom stereocenters. The predicted octanol–water partition coefficient (Wildman–Crippen LogP) is 3.98. The molecule has 1 saturated heterocycles. The largest absolute Gasteiger partial charge is 0.377 e. The molecular formula is C29H34F2N8O2. The van der Waals surface area contributed by atoms with Crippen LogP contribution >= 0.6 is 0 Å². The number of nitrogens with zero attached hydrogens (tertiary/aromatic N) is 6. The number of piperidine rings is 1. The molecule has 0 spiro atoms. The van der Waals surface area contributed by atoms with Crippen LogP contribution in [0.25, 0.3) is 16.8 Å². The SMILES string of the molecule is CCOCc1cc(F)c(-c2ccc3cnc(Nc4cnccc4N4C[C@@H](N)[C@@H](N(C)C(C)=O)[C@@H](C)C4)n3n2)c(F)c1. The fraction of sp³-hybridized carbons (Fsp3) is 0.379. The first-order valence-corrected chi connectivity index (χ1v) is 13.5. The number of hydrogen-bond donors (Lipinski definition) is 2. The molecule has 0 bridgehead atoms. The standard InChI is InChI=1S/C29H34F2N8O2/c1-5-41-16-19-10-21(30)27(22(31)11-19)24-7-6-20-12-34-29(39(20)36-24)35-25-13-33-9-8-26(25)38-14-17(2)28(23(32)15-38)37(4)18(3)40/h6-13,17,23,28H,5,14-16,32H2,1-4H3,(H,34,35)/t17-,23+,28-/m0/s1. The van der Waals surface area contributed by atoms with Crippen LogP contribution < -0.4 is 16.0 Å². The van der Waals surface area contributed by atoms with Gasteiger partial charge < -0.3 is 25.6 Å². The van der Waals surface area contributed by atoms with Crippen LogP contribution in [0.4, 0.5) is 26.1 Å². The Morgan fingerprint density at radius 2 is 1.95 bits per heavy atom. The quantitative estimate of drug-likeness (QED) is 0.331. The van der Waals surface area contributed by atoms with Gasteiger partial charge in [-0.25, -0.2) is 13.8 Å². The van der Waals surface area contributed by atoms with E-state index in [1.807, 2.05) is 13.0 Å². The van der Waals surface area contributed by atoms with Crippen molar-refractivity contribution < 1.29 is 18.3 Å². The second kappa shape index (κ2) is 11.8. The van der Waals surface area contributed by atoms with E-state index in [1.165, 1.54) is 16.6 Å². The third-order valence-corrected chi connectivity index (χ3v) is 7.51. The van der Waals surface area contributed by atoms with E-state index in [1.54, 1.807) is 49.6 Å². The number of carbonyl (C=O) groups is 1. The summed E-state index contributed by atoms with van der Waals surface area (Å²) in [5, 5.41) is 7.81. The topological polar surface area (TPSA) is 114 Å². The van der Waals surface area contributed by atoms with Gasteiger partial charge in [-0.2, -0.15) is 9.61 Å². The number of nitrogens with two attached hydrogens (primary N) is 1. The Bertz CT molecular complexity index is 1530. The molecule has 1 fully saturated rings. The molecule has 5 rings (SSSR count). The lowest BCUT2D eigenvalue weighted by Gasteiger charge is -2.46. The van der Waals surface area contributed by atoms with Crippen molar-refractivity contribution in [2.45, 2.75) is 39.5 Å². The second-order valence-electron chi connectivity index (χ2n) is 10.4. The summed E-state index contributed by atoms with van der Waals surface area (Å²) in [5.74, 6) is -0.986. The lowest BCUT2D eigenvalue weighted by atomic mass is 9.88. The normalized spacial score (nSPS) is 19.0. The maximum absolute atomic E-state index is 15.0. The maximum atomic E-state index is 15.0. The van der Waals surface area contributed by atoms with Crippen LogP contribution in [0.2, 0.25) is 0 Å². The van der Waals surface area contributed by atoms with Crippen LogP contribution in [0.5, 0.6) is 0 Å². The molecule has 1 aliphatic rings. The number of amides is 1. The third-order valence-electron chi connectivity index (χ3n) is 7.51. The molecule has 0 aliphatic carbocycles.